The second-order valence-corrected chi connectivity index (χ2v) is 9.94. The molecule has 0 atom stereocenters. The number of rotatable bonds is 12. The smallest absolute Gasteiger partial charge is 0.406 e. The van der Waals surface area contributed by atoms with Crippen molar-refractivity contribution in [2.24, 2.45) is 0 Å². The first-order chi connectivity index (χ1) is 19.1. The Balaban J connectivity index is 1.17. The zero-order chi connectivity index (χ0) is 28.5. The van der Waals surface area contributed by atoms with Crippen molar-refractivity contribution in [3.8, 4) is 5.75 Å². The monoisotopic (exact) mass is 573 g/mol. The van der Waals surface area contributed by atoms with Gasteiger partial charge in [0.1, 0.15) is 10.8 Å². The third-order valence-corrected chi connectivity index (χ3v) is 6.56. The lowest BCUT2D eigenvalue weighted by Crippen LogP contribution is -2.23. The Bertz CT molecular complexity index is 1460. The third-order valence-electron chi connectivity index (χ3n) is 5.58. The van der Waals surface area contributed by atoms with Crippen LogP contribution in [-0.2, 0) is 26.1 Å². The number of hydrogen-bond acceptors (Lipinski definition) is 8. The number of carbonyl (C=O) groups is 2. The first-order valence-corrected chi connectivity index (χ1v) is 13.2. The molecule has 0 saturated heterocycles. The number of unbranched alkanes of at least 4 members (excludes halogenated alkanes) is 1. The largest absolute Gasteiger partial charge is 0.573 e. The van der Waals surface area contributed by atoms with Gasteiger partial charge >= 0.3 is 6.36 Å². The summed E-state index contributed by atoms with van der Waals surface area (Å²) in [6, 6.07) is 13.2. The Morgan fingerprint density at radius 1 is 0.950 bits per heavy atom. The van der Waals surface area contributed by atoms with Crippen molar-refractivity contribution < 1.29 is 27.5 Å². The van der Waals surface area contributed by atoms with E-state index in [2.05, 4.69) is 35.9 Å². The minimum absolute atomic E-state index is 0.00659. The van der Waals surface area contributed by atoms with Crippen LogP contribution < -0.4 is 15.4 Å². The quantitative estimate of drug-likeness (QED) is 0.243. The van der Waals surface area contributed by atoms with Crippen LogP contribution in [0.1, 0.15) is 54.8 Å². The van der Waals surface area contributed by atoms with Crippen LogP contribution in [0.4, 0.5) is 13.2 Å². The van der Waals surface area contributed by atoms with E-state index in [1.54, 1.807) is 16.9 Å². The number of amides is 2. The maximum atomic E-state index is 12.4. The molecule has 0 aliphatic rings. The molecule has 14 heteroatoms. The van der Waals surface area contributed by atoms with E-state index in [4.69, 9.17) is 0 Å². The molecule has 2 aromatic heterocycles. The van der Waals surface area contributed by atoms with Gasteiger partial charge in [-0.25, -0.2) is 0 Å². The molecule has 0 unspecified atom stereocenters. The van der Waals surface area contributed by atoms with Crippen LogP contribution in [0, 0.1) is 6.92 Å². The summed E-state index contributed by atoms with van der Waals surface area (Å²) in [5, 5.41) is 22.2. The van der Waals surface area contributed by atoms with Crippen molar-refractivity contribution in [2.45, 2.75) is 52.2 Å². The number of halogens is 3. The molecule has 0 radical (unpaired) electrons. The number of hydrogen-bond donors (Lipinski definition) is 2. The van der Waals surface area contributed by atoms with Gasteiger partial charge in [0.25, 0.3) is 11.8 Å². The van der Waals surface area contributed by atoms with Crippen LogP contribution >= 0.6 is 11.3 Å². The molecule has 4 aromatic rings. The third kappa shape index (κ3) is 8.86. The van der Waals surface area contributed by atoms with Crippen molar-refractivity contribution >= 4 is 23.2 Å². The second kappa shape index (κ2) is 13.2. The highest BCUT2D eigenvalue weighted by molar-refractivity contribution is 7.13. The normalized spacial score (nSPS) is 11.3. The summed E-state index contributed by atoms with van der Waals surface area (Å²) < 4.78 is 42.7. The number of nitrogens with one attached hydrogen (secondary N) is 2. The molecule has 210 valence electrons. The summed E-state index contributed by atoms with van der Waals surface area (Å²) in [5.41, 5.74) is 2.81. The molecule has 0 aliphatic heterocycles. The van der Waals surface area contributed by atoms with E-state index in [9.17, 15) is 22.8 Å². The Morgan fingerprint density at radius 3 is 2.42 bits per heavy atom. The number of benzene rings is 2. The van der Waals surface area contributed by atoms with E-state index in [0.29, 0.717) is 30.1 Å². The van der Waals surface area contributed by atoms with Gasteiger partial charge in [-0.1, -0.05) is 58.5 Å². The maximum Gasteiger partial charge on any atom is 0.573 e. The van der Waals surface area contributed by atoms with Gasteiger partial charge in [0.05, 0.1) is 6.20 Å². The predicted molar refractivity (Wildman–Crippen MR) is 140 cm³/mol. The topological polar surface area (TPSA) is 124 Å². The lowest BCUT2D eigenvalue weighted by molar-refractivity contribution is -0.274. The highest BCUT2D eigenvalue weighted by Crippen LogP contribution is 2.23. The number of aryl methyl sites for hydroxylation is 3. The van der Waals surface area contributed by atoms with E-state index in [0.717, 1.165) is 35.3 Å². The Kier molecular flexibility index (Phi) is 9.43. The molecule has 0 bridgehead atoms. The predicted octanol–water partition coefficient (Wildman–Crippen LogP) is 4.22. The van der Waals surface area contributed by atoms with Gasteiger partial charge in [-0.15, -0.1) is 28.5 Å². The van der Waals surface area contributed by atoms with E-state index in [-0.39, 0.29) is 28.9 Å². The van der Waals surface area contributed by atoms with Crippen LogP contribution in [-0.4, -0.2) is 43.4 Å². The highest BCUT2D eigenvalue weighted by Gasteiger charge is 2.31. The van der Waals surface area contributed by atoms with Gasteiger partial charge < -0.3 is 15.4 Å². The van der Waals surface area contributed by atoms with Crippen LogP contribution in [0.5, 0.6) is 5.75 Å². The van der Waals surface area contributed by atoms with Gasteiger partial charge in [-0.05, 0) is 43.0 Å². The number of alkyl halides is 3. The summed E-state index contributed by atoms with van der Waals surface area (Å²) in [7, 11) is 0. The molecule has 40 heavy (non-hydrogen) atoms. The minimum Gasteiger partial charge on any atom is -0.406 e. The van der Waals surface area contributed by atoms with Gasteiger partial charge in [0, 0.05) is 26.1 Å². The van der Waals surface area contributed by atoms with Crippen LogP contribution in [0.2, 0.25) is 0 Å². The van der Waals surface area contributed by atoms with Crippen LogP contribution in [0.3, 0.4) is 0 Å². The number of ether oxygens (including phenoxy) is 1. The van der Waals surface area contributed by atoms with Crippen molar-refractivity contribution in [1.29, 1.82) is 0 Å². The zero-order valence-corrected chi connectivity index (χ0v) is 22.3. The summed E-state index contributed by atoms with van der Waals surface area (Å²) in [5.74, 6) is -1.13. The minimum atomic E-state index is -4.79. The van der Waals surface area contributed by atoms with E-state index in [1.807, 2.05) is 31.2 Å². The molecule has 0 aliphatic carbocycles. The van der Waals surface area contributed by atoms with Crippen molar-refractivity contribution in [3.63, 3.8) is 0 Å². The SMILES string of the molecule is Cc1cccc(CNC(=O)c2cn(CCCCc3nnc(C(=O)NCc4cccc(OC(F)(F)F)c4)s3)nn2)c1. The van der Waals surface area contributed by atoms with E-state index < -0.39 is 12.3 Å². The van der Waals surface area contributed by atoms with Gasteiger partial charge in [0.15, 0.2) is 5.69 Å². The highest BCUT2D eigenvalue weighted by atomic mass is 32.1. The van der Waals surface area contributed by atoms with E-state index in [1.165, 1.54) is 18.2 Å². The standard InChI is InChI=1S/C26H26F3N7O3S/c1-17-6-4-7-18(12-17)14-30-23(37)21-16-36(35-32-21)11-3-2-10-22-33-34-25(40-22)24(38)31-15-19-8-5-9-20(13-19)39-26(27,28)29/h4-9,12-13,16H,2-3,10-11,14-15H2,1H3,(H,30,37)(H,31,38). The molecule has 0 saturated carbocycles. The molecule has 2 aromatic carbocycles. The molecule has 2 N–H and O–H groups in total. The molecular weight excluding hydrogens is 547 g/mol. The fourth-order valence-electron chi connectivity index (χ4n) is 3.71. The average molecular weight is 574 g/mol. The first kappa shape index (κ1) is 28.7. The summed E-state index contributed by atoms with van der Waals surface area (Å²) >= 11 is 1.15. The molecule has 0 fully saturated rings. The summed E-state index contributed by atoms with van der Waals surface area (Å²) in [6.45, 7) is 2.96. The molecule has 0 spiro atoms. The Hall–Kier alpha value is -4.33. The average Bonchev–Trinajstić information content (AvgIpc) is 3.58. The van der Waals surface area contributed by atoms with Crippen LogP contribution in [0.25, 0.3) is 0 Å². The van der Waals surface area contributed by atoms with Gasteiger partial charge in [-0.2, -0.15) is 0 Å². The van der Waals surface area contributed by atoms with Crippen molar-refractivity contribution in [2.75, 3.05) is 0 Å². The lowest BCUT2D eigenvalue weighted by atomic mass is 10.1. The fraction of sp³-hybridized carbons (Fsp3) is 0.308. The van der Waals surface area contributed by atoms with Gasteiger partial charge in [-0.3, -0.25) is 14.3 Å². The number of carbonyl (C=O) groups excluding carboxylic acids is 2. The lowest BCUT2D eigenvalue weighted by Gasteiger charge is -2.10. The zero-order valence-electron chi connectivity index (χ0n) is 21.4. The van der Waals surface area contributed by atoms with Crippen molar-refractivity contribution in [3.05, 3.63) is 87.1 Å². The Morgan fingerprint density at radius 2 is 1.68 bits per heavy atom. The summed E-state index contributed by atoms with van der Waals surface area (Å²) in [4.78, 5) is 24.8. The maximum absolute atomic E-state index is 12.4. The molecule has 2 heterocycles. The van der Waals surface area contributed by atoms with Crippen molar-refractivity contribution in [1.82, 2.24) is 35.8 Å². The summed E-state index contributed by atoms with van der Waals surface area (Å²) in [6.07, 6.45) is -1.10. The molecule has 4 rings (SSSR count). The molecule has 2 amide bonds. The fourth-order valence-corrected chi connectivity index (χ4v) is 4.51. The second-order valence-electron chi connectivity index (χ2n) is 8.87. The number of nitrogens with zero attached hydrogens (tertiary/aromatic N) is 5. The Labute approximate surface area is 231 Å². The van der Waals surface area contributed by atoms with Crippen LogP contribution in [0.15, 0.2) is 54.7 Å². The first-order valence-electron chi connectivity index (χ1n) is 12.3. The molecule has 10 nitrogen and oxygen atoms in total. The molecular formula is C26H26F3N7O3S. The van der Waals surface area contributed by atoms with E-state index >= 15 is 0 Å². The van der Waals surface area contributed by atoms with Gasteiger partial charge in [0.2, 0.25) is 5.01 Å². The number of aromatic nitrogens is 5.